The lowest BCUT2D eigenvalue weighted by molar-refractivity contribution is 0.457. The number of ether oxygens (including phenoxy) is 1. The molecule has 1 heterocycles. The highest BCUT2D eigenvalue weighted by Gasteiger charge is 2.09. The van der Waals surface area contributed by atoms with Crippen LogP contribution in [0, 0.1) is 0 Å². The first-order valence-corrected chi connectivity index (χ1v) is 6.73. The fourth-order valence-electron chi connectivity index (χ4n) is 2.12. The Balaban J connectivity index is 1.98. The molecule has 5 nitrogen and oxygen atoms in total. The first-order chi connectivity index (χ1) is 10.6. The summed E-state index contributed by atoms with van der Waals surface area (Å²) in [6.45, 7) is 0. The average molecular weight is 294 g/mol. The lowest BCUT2D eigenvalue weighted by atomic mass is 10.2. The van der Waals surface area contributed by atoms with Gasteiger partial charge >= 0.3 is 0 Å². The lowest BCUT2D eigenvalue weighted by Gasteiger charge is -2.10. The standard InChI is InChI=1S/C17H14N2O3/c1-19-16(18-11-15(20)17(19)21)12-6-5-9-14(10-12)22-13-7-3-2-4-8-13/h2-11,20H,1H3. The van der Waals surface area contributed by atoms with Crippen molar-refractivity contribution in [3.8, 4) is 28.6 Å². The van der Waals surface area contributed by atoms with Gasteiger partial charge in [-0.25, -0.2) is 4.98 Å². The van der Waals surface area contributed by atoms with Gasteiger partial charge in [-0.2, -0.15) is 0 Å². The summed E-state index contributed by atoms with van der Waals surface area (Å²) >= 11 is 0. The predicted octanol–water partition coefficient (Wildman–Crippen LogP) is 2.95. The Hall–Kier alpha value is -3.08. The summed E-state index contributed by atoms with van der Waals surface area (Å²) in [4.78, 5) is 15.9. The Morgan fingerprint density at radius 2 is 1.77 bits per heavy atom. The van der Waals surface area contributed by atoms with E-state index in [-0.39, 0.29) is 5.75 Å². The molecule has 0 saturated carbocycles. The number of hydrogen-bond donors (Lipinski definition) is 1. The van der Waals surface area contributed by atoms with Gasteiger partial charge in [-0.1, -0.05) is 30.3 Å². The molecule has 0 spiro atoms. The third-order valence-corrected chi connectivity index (χ3v) is 3.22. The third-order valence-electron chi connectivity index (χ3n) is 3.22. The second-order valence-electron chi connectivity index (χ2n) is 4.77. The second-order valence-corrected chi connectivity index (χ2v) is 4.77. The van der Waals surface area contributed by atoms with E-state index in [9.17, 15) is 9.90 Å². The summed E-state index contributed by atoms with van der Waals surface area (Å²) in [5.74, 6) is 1.46. The fourth-order valence-corrected chi connectivity index (χ4v) is 2.12. The van der Waals surface area contributed by atoms with Crippen molar-refractivity contribution in [1.29, 1.82) is 0 Å². The van der Waals surface area contributed by atoms with Gasteiger partial charge in [-0.05, 0) is 24.3 Å². The molecule has 3 aromatic rings. The number of hydrogen-bond acceptors (Lipinski definition) is 4. The number of benzene rings is 2. The normalized spacial score (nSPS) is 10.4. The highest BCUT2D eigenvalue weighted by Crippen LogP contribution is 2.25. The zero-order valence-corrected chi connectivity index (χ0v) is 11.9. The van der Waals surface area contributed by atoms with E-state index in [1.807, 2.05) is 48.5 Å². The van der Waals surface area contributed by atoms with Gasteiger partial charge in [0.05, 0.1) is 6.20 Å². The minimum Gasteiger partial charge on any atom is -0.502 e. The Kier molecular flexibility index (Phi) is 3.62. The molecule has 110 valence electrons. The van der Waals surface area contributed by atoms with Crippen LogP contribution in [0.3, 0.4) is 0 Å². The number of para-hydroxylation sites is 1. The van der Waals surface area contributed by atoms with Crippen LogP contribution in [0.4, 0.5) is 0 Å². The minimum atomic E-state index is -0.487. The summed E-state index contributed by atoms with van der Waals surface area (Å²) in [5.41, 5.74) is 0.243. The fraction of sp³-hybridized carbons (Fsp3) is 0.0588. The summed E-state index contributed by atoms with van der Waals surface area (Å²) < 4.78 is 7.07. The molecule has 0 aliphatic heterocycles. The van der Waals surface area contributed by atoms with Crippen LogP contribution in [0.2, 0.25) is 0 Å². The maximum Gasteiger partial charge on any atom is 0.295 e. The lowest BCUT2D eigenvalue weighted by Crippen LogP contribution is -2.18. The first-order valence-electron chi connectivity index (χ1n) is 6.73. The van der Waals surface area contributed by atoms with Gasteiger partial charge < -0.3 is 9.84 Å². The third kappa shape index (κ3) is 2.69. The van der Waals surface area contributed by atoms with E-state index in [4.69, 9.17) is 4.74 Å². The molecule has 2 aromatic carbocycles. The van der Waals surface area contributed by atoms with Crippen LogP contribution in [0.15, 0.2) is 65.6 Å². The average Bonchev–Trinajstić information content (AvgIpc) is 2.54. The minimum absolute atomic E-state index is 0.372. The molecule has 0 aliphatic carbocycles. The quantitative estimate of drug-likeness (QED) is 0.806. The zero-order valence-electron chi connectivity index (χ0n) is 11.9. The van der Waals surface area contributed by atoms with Gasteiger partial charge in [0.15, 0.2) is 5.75 Å². The number of nitrogens with zero attached hydrogens (tertiary/aromatic N) is 2. The molecule has 0 atom stereocenters. The van der Waals surface area contributed by atoms with Crippen LogP contribution in [0.25, 0.3) is 11.4 Å². The van der Waals surface area contributed by atoms with Crippen molar-refractivity contribution < 1.29 is 9.84 Å². The van der Waals surface area contributed by atoms with Crippen LogP contribution in [-0.4, -0.2) is 14.7 Å². The number of aromatic hydroxyl groups is 1. The molecular weight excluding hydrogens is 280 g/mol. The van der Waals surface area contributed by atoms with Crippen molar-refractivity contribution >= 4 is 0 Å². The van der Waals surface area contributed by atoms with Crippen LogP contribution >= 0.6 is 0 Å². The molecule has 0 amide bonds. The van der Waals surface area contributed by atoms with Crippen LogP contribution < -0.4 is 10.3 Å². The Morgan fingerprint density at radius 3 is 2.55 bits per heavy atom. The van der Waals surface area contributed by atoms with Crippen molar-refractivity contribution in [1.82, 2.24) is 9.55 Å². The first kappa shape index (κ1) is 13.9. The molecule has 3 rings (SSSR count). The van der Waals surface area contributed by atoms with E-state index >= 15 is 0 Å². The zero-order chi connectivity index (χ0) is 15.5. The van der Waals surface area contributed by atoms with Gasteiger partial charge in [-0.3, -0.25) is 9.36 Å². The van der Waals surface area contributed by atoms with Crippen LogP contribution in [0.1, 0.15) is 0 Å². The highest BCUT2D eigenvalue weighted by molar-refractivity contribution is 5.58. The molecule has 1 N–H and O–H groups in total. The van der Waals surface area contributed by atoms with E-state index in [1.54, 1.807) is 13.1 Å². The van der Waals surface area contributed by atoms with E-state index in [0.717, 1.165) is 17.5 Å². The molecule has 0 unspecified atom stereocenters. The van der Waals surface area contributed by atoms with Crippen molar-refractivity contribution in [3.63, 3.8) is 0 Å². The van der Waals surface area contributed by atoms with Gasteiger partial charge in [-0.15, -0.1) is 0 Å². The molecule has 0 fully saturated rings. The van der Waals surface area contributed by atoms with E-state index in [2.05, 4.69) is 4.98 Å². The van der Waals surface area contributed by atoms with Gasteiger partial charge in [0.25, 0.3) is 5.56 Å². The molecule has 0 radical (unpaired) electrons. The van der Waals surface area contributed by atoms with Gasteiger partial charge in [0.1, 0.15) is 17.3 Å². The molecule has 1 aromatic heterocycles. The maximum atomic E-state index is 11.8. The number of aromatic nitrogens is 2. The molecule has 5 heteroatoms. The summed E-state index contributed by atoms with van der Waals surface area (Å²) in [7, 11) is 1.56. The Morgan fingerprint density at radius 1 is 1.05 bits per heavy atom. The van der Waals surface area contributed by atoms with Gasteiger partial charge in [0, 0.05) is 12.6 Å². The molecule has 0 aliphatic rings. The molecule has 0 bridgehead atoms. The highest BCUT2D eigenvalue weighted by atomic mass is 16.5. The summed E-state index contributed by atoms with van der Waals surface area (Å²) in [5, 5.41) is 9.40. The number of rotatable bonds is 3. The van der Waals surface area contributed by atoms with Gasteiger partial charge in [0.2, 0.25) is 0 Å². The van der Waals surface area contributed by atoms with E-state index < -0.39 is 5.56 Å². The predicted molar refractivity (Wildman–Crippen MR) is 83.1 cm³/mol. The maximum absolute atomic E-state index is 11.8. The smallest absolute Gasteiger partial charge is 0.295 e. The molecule has 22 heavy (non-hydrogen) atoms. The van der Waals surface area contributed by atoms with Crippen molar-refractivity contribution in [2.75, 3.05) is 0 Å². The monoisotopic (exact) mass is 294 g/mol. The van der Waals surface area contributed by atoms with Crippen LogP contribution in [0.5, 0.6) is 17.2 Å². The van der Waals surface area contributed by atoms with Crippen molar-refractivity contribution in [3.05, 3.63) is 71.1 Å². The summed E-state index contributed by atoms with van der Waals surface area (Å²) in [6, 6.07) is 16.7. The summed E-state index contributed by atoms with van der Waals surface area (Å²) in [6.07, 6.45) is 1.16. The molecule has 0 saturated heterocycles. The van der Waals surface area contributed by atoms with Crippen LogP contribution in [-0.2, 0) is 7.05 Å². The second kappa shape index (κ2) is 5.73. The topological polar surface area (TPSA) is 64.3 Å². The van der Waals surface area contributed by atoms with Crippen molar-refractivity contribution in [2.45, 2.75) is 0 Å². The molecular formula is C17H14N2O3. The Bertz CT molecular complexity index is 857. The van der Waals surface area contributed by atoms with E-state index in [1.165, 1.54) is 4.57 Å². The Labute approximate surface area is 127 Å². The largest absolute Gasteiger partial charge is 0.502 e. The van der Waals surface area contributed by atoms with E-state index in [0.29, 0.717) is 11.6 Å². The van der Waals surface area contributed by atoms with Crippen molar-refractivity contribution in [2.24, 2.45) is 7.05 Å². The SMILES string of the molecule is Cn1c(-c2cccc(Oc3ccccc3)c2)ncc(O)c1=O.